The average molecular weight is 278 g/mol. The number of aryl methyl sites for hydroxylation is 1. The molecule has 0 amide bonds. The van der Waals surface area contributed by atoms with Crippen LogP contribution in [0.15, 0.2) is 12.1 Å². The second kappa shape index (κ2) is 6.22. The lowest BCUT2D eigenvalue weighted by Crippen LogP contribution is -2.37. The molecule has 1 saturated carbocycles. The number of pyridine rings is 1. The van der Waals surface area contributed by atoms with Crippen LogP contribution >= 0.6 is 0 Å². The molecule has 0 atom stereocenters. The van der Waals surface area contributed by atoms with Gasteiger partial charge in [-0.15, -0.1) is 0 Å². The molecule has 0 unspecified atom stereocenters. The van der Waals surface area contributed by atoms with Gasteiger partial charge in [-0.1, -0.05) is 13.3 Å². The van der Waals surface area contributed by atoms with Crippen molar-refractivity contribution in [3.63, 3.8) is 0 Å². The third kappa shape index (κ3) is 3.48. The van der Waals surface area contributed by atoms with Crippen LogP contribution in [-0.2, 0) is 6.42 Å². The number of rotatable bonds is 6. The standard InChI is InChI=1S/C15H22N2O3/c1-3-4-12-7-11(15(19)20)8-14(16-12)17(2)9-10-5-13(18)6-10/h7-8,10,13,18H,3-6,9H2,1-2H3,(H,19,20). The zero-order valence-electron chi connectivity index (χ0n) is 12.0. The fourth-order valence-electron chi connectivity index (χ4n) is 2.61. The molecule has 0 saturated heterocycles. The lowest BCUT2D eigenvalue weighted by Gasteiger charge is -2.35. The maximum Gasteiger partial charge on any atom is 0.335 e. The van der Waals surface area contributed by atoms with Gasteiger partial charge in [0.2, 0.25) is 0 Å². The second-order valence-corrected chi connectivity index (χ2v) is 5.63. The first-order valence-electron chi connectivity index (χ1n) is 7.13. The maximum atomic E-state index is 11.2. The largest absolute Gasteiger partial charge is 0.478 e. The highest BCUT2D eigenvalue weighted by Gasteiger charge is 2.28. The summed E-state index contributed by atoms with van der Waals surface area (Å²) in [5.41, 5.74) is 1.11. The number of aliphatic hydroxyl groups excluding tert-OH is 1. The lowest BCUT2D eigenvalue weighted by molar-refractivity contribution is 0.0464. The Morgan fingerprint density at radius 3 is 2.70 bits per heavy atom. The van der Waals surface area contributed by atoms with Crippen LogP contribution in [0.5, 0.6) is 0 Å². The third-order valence-electron chi connectivity index (χ3n) is 3.75. The molecule has 0 aromatic carbocycles. The molecule has 1 aliphatic carbocycles. The van der Waals surface area contributed by atoms with E-state index in [2.05, 4.69) is 4.98 Å². The Labute approximate surface area is 119 Å². The van der Waals surface area contributed by atoms with Gasteiger partial charge in [0.1, 0.15) is 5.82 Å². The van der Waals surface area contributed by atoms with Crippen molar-refractivity contribution >= 4 is 11.8 Å². The zero-order chi connectivity index (χ0) is 14.7. The van der Waals surface area contributed by atoms with Gasteiger partial charge in [0.15, 0.2) is 0 Å². The van der Waals surface area contributed by atoms with Crippen LogP contribution in [0.25, 0.3) is 0 Å². The number of hydrogen-bond donors (Lipinski definition) is 2. The maximum absolute atomic E-state index is 11.2. The zero-order valence-corrected chi connectivity index (χ0v) is 12.0. The molecular weight excluding hydrogens is 256 g/mol. The molecule has 5 heteroatoms. The Bertz CT molecular complexity index is 484. The summed E-state index contributed by atoms with van der Waals surface area (Å²) in [6, 6.07) is 3.27. The number of aromatic carboxylic acids is 1. The van der Waals surface area contributed by atoms with Crippen LogP contribution in [0, 0.1) is 5.92 Å². The average Bonchev–Trinajstić information content (AvgIpc) is 2.36. The number of hydrogen-bond acceptors (Lipinski definition) is 4. The van der Waals surface area contributed by atoms with Crippen LogP contribution in [0.3, 0.4) is 0 Å². The van der Waals surface area contributed by atoms with Gasteiger partial charge in [0.05, 0.1) is 11.7 Å². The van der Waals surface area contributed by atoms with Crippen LogP contribution in [0.2, 0.25) is 0 Å². The predicted octanol–water partition coefficient (Wildman–Crippen LogP) is 1.94. The molecule has 5 nitrogen and oxygen atoms in total. The van der Waals surface area contributed by atoms with Gasteiger partial charge >= 0.3 is 5.97 Å². The van der Waals surface area contributed by atoms with E-state index in [0.29, 0.717) is 17.3 Å². The molecule has 1 aromatic heterocycles. The molecule has 110 valence electrons. The van der Waals surface area contributed by atoms with Crippen LogP contribution < -0.4 is 4.90 Å². The minimum Gasteiger partial charge on any atom is -0.478 e. The summed E-state index contributed by atoms with van der Waals surface area (Å²) >= 11 is 0. The topological polar surface area (TPSA) is 73.7 Å². The highest BCUT2D eigenvalue weighted by molar-refractivity contribution is 5.88. The van der Waals surface area contributed by atoms with E-state index in [9.17, 15) is 15.0 Å². The summed E-state index contributed by atoms with van der Waals surface area (Å²) in [4.78, 5) is 17.7. The van der Waals surface area contributed by atoms with Crippen molar-refractivity contribution in [2.24, 2.45) is 5.92 Å². The van der Waals surface area contributed by atoms with Crippen molar-refractivity contribution in [1.29, 1.82) is 0 Å². The Morgan fingerprint density at radius 1 is 1.45 bits per heavy atom. The number of nitrogens with zero attached hydrogens (tertiary/aromatic N) is 2. The van der Waals surface area contributed by atoms with Crippen molar-refractivity contribution < 1.29 is 15.0 Å². The van der Waals surface area contributed by atoms with Gasteiger partial charge < -0.3 is 15.1 Å². The van der Waals surface area contributed by atoms with Gasteiger partial charge in [-0.25, -0.2) is 9.78 Å². The molecule has 0 radical (unpaired) electrons. The van der Waals surface area contributed by atoms with Gasteiger partial charge in [0.25, 0.3) is 0 Å². The first-order chi connectivity index (χ1) is 9.49. The third-order valence-corrected chi connectivity index (χ3v) is 3.75. The molecule has 0 spiro atoms. The molecule has 1 aromatic rings. The van der Waals surface area contributed by atoms with Crippen molar-refractivity contribution in [2.45, 2.75) is 38.7 Å². The van der Waals surface area contributed by atoms with Crippen molar-refractivity contribution in [1.82, 2.24) is 4.98 Å². The van der Waals surface area contributed by atoms with E-state index in [0.717, 1.165) is 37.9 Å². The highest BCUT2D eigenvalue weighted by Crippen LogP contribution is 2.29. The smallest absolute Gasteiger partial charge is 0.335 e. The molecule has 1 fully saturated rings. The van der Waals surface area contributed by atoms with E-state index in [-0.39, 0.29) is 6.10 Å². The normalized spacial score (nSPS) is 21.4. The van der Waals surface area contributed by atoms with Crippen molar-refractivity contribution in [2.75, 3.05) is 18.5 Å². The van der Waals surface area contributed by atoms with Gasteiger partial charge in [-0.2, -0.15) is 0 Å². The summed E-state index contributed by atoms with van der Waals surface area (Å²) in [5.74, 6) is 0.258. The molecule has 1 aliphatic rings. The predicted molar refractivity (Wildman–Crippen MR) is 77.2 cm³/mol. The van der Waals surface area contributed by atoms with Crippen molar-refractivity contribution in [3.05, 3.63) is 23.4 Å². The monoisotopic (exact) mass is 278 g/mol. The van der Waals surface area contributed by atoms with Crippen LogP contribution in [0.1, 0.15) is 42.2 Å². The first-order valence-corrected chi connectivity index (χ1v) is 7.13. The quantitative estimate of drug-likeness (QED) is 0.832. The van der Waals surface area contributed by atoms with E-state index in [1.807, 2.05) is 18.9 Å². The van der Waals surface area contributed by atoms with Gasteiger partial charge in [0, 0.05) is 19.3 Å². The van der Waals surface area contributed by atoms with Gasteiger partial charge in [-0.3, -0.25) is 0 Å². The van der Waals surface area contributed by atoms with Crippen molar-refractivity contribution in [3.8, 4) is 0 Å². The molecule has 2 rings (SSSR count). The Kier molecular flexibility index (Phi) is 4.60. The fraction of sp³-hybridized carbons (Fsp3) is 0.600. The Morgan fingerprint density at radius 2 is 2.15 bits per heavy atom. The number of carboxylic acid groups (broad SMARTS) is 1. The molecule has 20 heavy (non-hydrogen) atoms. The summed E-state index contributed by atoms with van der Waals surface area (Å²) in [6.45, 7) is 2.85. The van der Waals surface area contributed by atoms with E-state index >= 15 is 0 Å². The van der Waals surface area contributed by atoms with Crippen LogP contribution in [0.4, 0.5) is 5.82 Å². The molecule has 0 bridgehead atoms. The molecule has 2 N–H and O–H groups in total. The minimum absolute atomic E-state index is 0.164. The number of anilines is 1. The molecule has 1 heterocycles. The summed E-state index contributed by atoms with van der Waals surface area (Å²) in [7, 11) is 1.92. The minimum atomic E-state index is -0.918. The summed E-state index contributed by atoms with van der Waals surface area (Å²) < 4.78 is 0. The number of carboxylic acids is 1. The van der Waals surface area contributed by atoms with E-state index in [1.165, 1.54) is 0 Å². The Hall–Kier alpha value is -1.62. The number of aliphatic hydroxyl groups is 1. The molecule has 0 aliphatic heterocycles. The summed E-state index contributed by atoms with van der Waals surface area (Å²) in [5, 5.41) is 18.5. The van der Waals surface area contributed by atoms with E-state index in [1.54, 1.807) is 12.1 Å². The van der Waals surface area contributed by atoms with E-state index < -0.39 is 5.97 Å². The fourth-order valence-corrected chi connectivity index (χ4v) is 2.61. The highest BCUT2D eigenvalue weighted by atomic mass is 16.4. The molecular formula is C15H22N2O3. The number of aromatic nitrogens is 1. The van der Waals surface area contributed by atoms with Gasteiger partial charge in [-0.05, 0) is 37.3 Å². The SMILES string of the molecule is CCCc1cc(C(=O)O)cc(N(C)CC2CC(O)C2)n1. The van der Waals surface area contributed by atoms with Crippen LogP contribution in [-0.4, -0.2) is 40.9 Å². The van der Waals surface area contributed by atoms with E-state index in [4.69, 9.17) is 0 Å². The second-order valence-electron chi connectivity index (χ2n) is 5.63. The summed E-state index contributed by atoms with van der Waals surface area (Å²) in [6.07, 6.45) is 3.20. The first kappa shape index (κ1) is 14.8. The number of carbonyl (C=O) groups is 1. The lowest BCUT2D eigenvalue weighted by atomic mass is 9.82. The Balaban J connectivity index is 2.13.